The average molecular weight is 359 g/mol. The van der Waals surface area contributed by atoms with Crippen molar-refractivity contribution in [2.24, 2.45) is 0 Å². The second kappa shape index (κ2) is 7.82. The Hall–Kier alpha value is -2.48. The number of amides is 2. The van der Waals surface area contributed by atoms with Crippen LogP contribution >= 0.6 is 0 Å². The van der Waals surface area contributed by atoms with Crippen molar-refractivity contribution in [1.29, 1.82) is 0 Å². The number of methoxy groups -OCH3 is 1. The van der Waals surface area contributed by atoms with Crippen LogP contribution in [0, 0.1) is 0 Å². The van der Waals surface area contributed by atoms with Crippen LogP contribution < -0.4 is 10.6 Å². The van der Waals surface area contributed by atoms with Crippen LogP contribution in [0.3, 0.4) is 0 Å². The summed E-state index contributed by atoms with van der Waals surface area (Å²) in [5.74, 6) is -0.121. The molecule has 0 aliphatic heterocycles. The normalized spacial score (nSPS) is 14.0. The number of hydrogen-bond donors (Lipinski definition) is 2. The monoisotopic (exact) mass is 359 g/mol. The molecule has 1 aliphatic carbocycles. The number of fused-ring (bicyclic) bond motifs is 1. The van der Waals surface area contributed by atoms with Gasteiger partial charge in [-0.25, -0.2) is 9.67 Å². The highest BCUT2D eigenvalue weighted by atomic mass is 16.5. The van der Waals surface area contributed by atoms with Crippen molar-refractivity contribution in [3.8, 4) is 0 Å². The minimum Gasteiger partial charge on any atom is -0.383 e. The number of ether oxygens (including phenoxy) is 1. The van der Waals surface area contributed by atoms with Crippen LogP contribution in [0.2, 0.25) is 0 Å². The lowest BCUT2D eigenvalue weighted by atomic mass is 10.1. The Morgan fingerprint density at radius 1 is 1.35 bits per heavy atom. The maximum Gasteiger partial charge on any atom is 0.252 e. The molecule has 26 heavy (non-hydrogen) atoms. The Labute approximate surface area is 152 Å². The Balaban J connectivity index is 1.79. The van der Waals surface area contributed by atoms with E-state index in [4.69, 9.17) is 9.72 Å². The summed E-state index contributed by atoms with van der Waals surface area (Å²) in [6.45, 7) is 4.83. The van der Waals surface area contributed by atoms with Crippen molar-refractivity contribution < 1.29 is 14.3 Å². The van der Waals surface area contributed by atoms with Gasteiger partial charge < -0.3 is 15.4 Å². The summed E-state index contributed by atoms with van der Waals surface area (Å²) in [5.41, 5.74) is 2.17. The summed E-state index contributed by atoms with van der Waals surface area (Å²) in [6.07, 6.45) is 3.86. The van der Waals surface area contributed by atoms with Crippen molar-refractivity contribution in [3.05, 3.63) is 23.5 Å². The van der Waals surface area contributed by atoms with Crippen molar-refractivity contribution in [3.63, 3.8) is 0 Å². The molecule has 0 saturated heterocycles. The van der Waals surface area contributed by atoms with Crippen LogP contribution in [0.4, 0.5) is 0 Å². The highest BCUT2D eigenvalue weighted by Gasteiger charge is 2.28. The minimum atomic E-state index is -0.288. The Morgan fingerprint density at radius 3 is 2.77 bits per heavy atom. The van der Waals surface area contributed by atoms with Crippen LogP contribution in [0.5, 0.6) is 0 Å². The Bertz CT molecular complexity index is 811. The van der Waals surface area contributed by atoms with E-state index in [0.717, 1.165) is 24.2 Å². The minimum absolute atomic E-state index is 0.0799. The first kappa shape index (κ1) is 18.3. The molecule has 0 bridgehead atoms. The van der Waals surface area contributed by atoms with E-state index in [1.807, 2.05) is 24.6 Å². The lowest BCUT2D eigenvalue weighted by molar-refractivity contribution is -0.120. The molecule has 3 rings (SSSR count). The molecule has 2 N–H and O–H groups in total. The van der Waals surface area contributed by atoms with E-state index < -0.39 is 0 Å². The molecular formula is C18H25N5O3. The predicted molar refractivity (Wildman–Crippen MR) is 97.1 cm³/mol. The topological polar surface area (TPSA) is 98.1 Å². The zero-order chi connectivity index (χ0) is 18.7. The smallest absolute Gasteiger partial charge is 0.252 e. The van der Waals surface area contributed by atoms with Crippen LogP contribution in [0.1, 0.15) is 54.7 Å². The summed E-state index contributed by atoms with van der Waals surface area (Å²) < 4.78 is 6.71. The first-order valence-corrected chi connectivity index (χ1v) is 8.93. The van der Waals surface area contributed by atoms with E-state index in [-0.39, 0.29) is 24.4 Å². The fraction of sp³-hybridized carbons (Fsp3) is 0.556. The number of aromatic nitrogens is 3. The average Bonchev–Trinajstić information content (AvgIpc) is 3.38. The molecule has 1 fully saturated rings. The third-order valence-corrected chi connectivity index (χ3v) is 4.35. The van der Waals surface area contributed by atoms with Gasteiger partial charge in [-0.2, -0.15) is 5.10 Å². The highest BCUT2D eigenvalue weighted by molar-refractivity contribution is 6.06. The molecule has 0 spiro atoms. The molecule has 0 atom stereocenters. The van der Waals surface area contributed by atoms with Crippen molar-refractivity contribution >= 4 is 22.8 Å². The van der Waals surface area contributed by atoms with Gasteiger partial charge in [-0.1, -0.05) is 0 Å². The molecule has 0 aromatic carbocycles. The second-order valence-electron chi connectivity index (χ2n) is 6.81. The van der Waals surface area contributed by atoms with Crippen molar-refractivity contribution in [2.45, 2.75) is 38.6 Å². The summed E-state index contributed by atoms with van der Waals surface area (Å²) in [5, 5.41) is 10.5. The maximum atomic E-state index is 12.7. The van der Waals surface area contributed by atoms with E-state index in [2.05, 4.69) is 15.7 Å². The molecule has 0 radical (unpaired) electrons. The Kier molecular flexibility index (Phi) is 5.51. The van der Waals surface area contributed by atoms with Crippen molar-refractivity contribution in [2.75, 3.05) is 26.8 Å². The van der Waals surface area contributed by atoms with Gasteiger partial charge in [0.05, 0.1) is 30.3 Å². The van der Waals surface area contributed by atoms with Gasteiger partial charge in [-0.15, -0.1) is 0 Å². The Morgan fingerprint density at radius 2 is 2.12 bits per heavy atom. The zero-order valence-electron chi connectivity index (χ0n) is 15.4. The van der Waals surface area contributed by atoms with Gasteiger partial charge in [0.2, 0.25) is 5.91 Å². The number of pyridine rings is 1. The van der Waals surface area contributed by atoms with E-state index in [9.17, 15) is 9.59 Å². The van der Waals surface area contributed by atoms with Gasteiger partial charge in [0.25, 0.3) is 5.91 Å². The summed E-state index contributed by atoms with van der Waals surface area (Å²) in [4.78, 5) is 29.2. The van der Waals surface area contributed by atoms with Gasteiger partial charge in [0.1, 0.15) is 0 Å². The largest absolute Gasteiger partial charge is 0.383 e. The summed E-state index contributed by atoms with van der Waals surface area (Å²) in [7, 11) is 1.57. The van der Waals surface area contributed by atoms with E-state index in [1.165, 1.54) is 0 Å². The highest BCUT2D eigenvalue weighted by Crippen LogP contribution is 2.40. The van der Waals surface area contributed by atoms with E-state index in [1.54, 1.807) is 13.3 Å². The second-order valence-corrected chi connectivity index (χ2v) is 6.81. The molecule has 8 nitrogen and oxygen atoms in total. The lowest BCUT2D eigenvalue weighted by Gasteiger charge is -2.11. The standard InChI is InChI=1S/C18H25N5O3/c1-11(2)23-17-14(9-21-23)13(8-15(22-17)12-4-5-12)18(25)20-10-16(24)19-6-7-26-3/h8-9,11-12H,4-7,10H2,1-3H3,(H,19,24)(H,20,25). The van der Waals surface area contributed by atoms with Gasteiger partial charge in [-0.3, -0.25) is 9.59 Å². The van der Waals surface area contributed by atoms with Gasteiger partial charge in [-0.05, 0) is 32.8 Å². The first-order valence-electron chi connectivity index (χ1n) is 8.93. The van der Waals surface area contributed by atoms with Crippen LogP contribution in [0.15, 0.2) is 12.3 Å². The molecule has 2 heterocycles. The lowest BCUT2D eigenvalue weighted by Crippen LogP contribution is -2.38. The summed E-state index contributed by atoms with van der Waals surface area (Å²) >= 11 is 0. The molecule has 2 amide bonds. The van der Waals surface area contributed by atoms with Crippen LogP contribution in [-0.2, 0) is 9.53 Å². The SMILES string of the molecule is COCCNC(=O)CNC(=O)c1cc(C2CC2)nc2c1cnn2C(C)C. The van der Waals surface area contributed by atoms with Crippen molar-refractivity contribution in [1.82, 2.24) is 25.4 Å². The fourth-order valence-corrected chi connectivity index (χ4v) is 2.80. The number of rotatable bonds is 8. The quantitative estimate of drug-likeness (QED) is 0.694. The number of nitrogens with zero attached hydrogens (tertiary/aromatic N) is 3. The first-order chi connectivity index (χ1) is 12.5. The zero-order valence-corrected chi connectivity index (χ0v) is 15.4. The predicted octanol–water partition coefficient (Wildman–Crippen LogP) is 1.38. The number of hydrogen-bond acceptors (Lipinski definition) is 5. The fourth-order valence-electron chi connectivity index (χ4n) is 2.80. The molecule has 0 unspecified atom stereocenters. The molecular weight excluding hydrogens is 334 g/mol. The van der Waals surface area contributed by atoms with Gasteiger partial charge >= 0.3 is 0 Å². The molecule has 2 aromatic heterocycles. The van der Waals surface area contributed by atoms with Crippen LogP contribution in [-0.4, -0.2) is 53.4 Å². The van der Waals surface area contributed by atoms with Gasteiger partial charge in [0.15, 0.2) is 5.65 Å². The summed E-state index contributed by atoms with van der Waals surface area (Å²) in [6, 6.07) is 1.99. The third kappa shape index (κ3) is 4.01. The third-order valence-electron chi connectivity index (χ3n) is 4.35. The van der Waals surface area contributed by atoms with Crippen LogP contribution in [0.25, 0.3) is 11.0 Å². The number of carbonyl (C=O) groups excluding carboxylic acids is 2. The molecule has 1 aliphatic rings. The molecule has 1 saturated carbocycles. The molecule has 140 valence electrons. The molecule has 2 aromatic rings. The number of carbonyl (C=O) groups is 2. The molecule has 8 heteroatoms. The van der Waals surface area contributed by atoms with E-state index >= 15 is 0 Å². The maximum absolute atomic E-state index is 12.7. The van der Waals surface area contributed by atoms with Gasteiger partial charge in [0, 0.05) is 31.3 Å². The number of nitrogens with one attached hydrogen (secondary N) is 2. The van der Waals surface area contributed by atoms with E-state index in [0.29, 0.717) is 30.0 Å².